The Morgan fingerprint density at radius 1 is 1.13 bits per heavy atom. The van der Waals surface area contributed by atoms with Gasteiger partial charge >= 0.3 is 0 Å². The van der Waals surface area contributed by atoms with E-state index in [9.17, 15) is 17.6 Å². The van der Waals surface area contributed by atoms with Gasteiger partial charge in [-0.25, -0.2) is 8.78 Å². The summed E-state index contributed by atoms with van der Waals surface area (Å²) in [6.45, 7) is -0.396. The monoisotopic (exact) mass is 241 g/mol. The van der Waals surface area contributed by atoms with Gasteiger partial charge in [-0.05, 0) is 17.7 Å². The maximum atomic E-state index is 13.2. The van der Waals surface area contributed by atoms with Gasteiger partial charge in [0.2, 0.25) is 0 Å². The zero-order chi connectivity index (χ0) is 10.3. The molecule has 84 valence electrons. The molecule has 2 rings (SSSR count). The third kappa shape index (κ3) is 2.08. The minimum Gasteiger partial charge on any atom is -0.307 e. The average molecular weight is 242 g/mol. The largest absolute Gasteiger partial charge is 0.307 e. The molecule has 0 bridgehead atoms. The molecule has 1 heterocycles. The van der Waals surface area contributed by atoms with Gasteiger partial charge in [0.15, 0.2) is 11.6 Å². The molecule has 1 aromatic rings. The van der Waals surface area contributed by atoms with Crippen molar-refractivity contribution in [2.24, 2.45) is 0 Å². The minimum absolute atomic E-state index is 0. The van der Waals surface area contributed by atoms with E-state index in [1.54, 1.807) is 0 Å². The molecule has 15 heavy (non-hydrogen) atoms. The summed E-state index contributed by atoms with van der Waals surface area (Å²) in [5.41, 5.74) is -0.310. The molecule has 1 aromatic carbocycles. The van der Waals surface area contributed by atoms with E-state index in [0.29, 0.717) is 6.07 Å². The summed E-state index contributed by atoms with van der Waals surface area (Å²) in [6.07, 6.45) is 0. The van der Waals surface area contributed by atoms with Crippen molar-refractivity contribution >= 4 is 12.4 Å². The van der Waals surface area contributed by atoms with E-state index in [0.717, 1.165) is 6.07 Å². The maximum Gasteiger partial charge on any atom is 0.285 e. The smallest absolute Gasteiger partial charge is 0.285 e. The van der Waals surface area contributed by atoms with E-state index >= 15 is 0 Å². The number of halogens is 5. The molecule has 1 aliphatic rings. The van der Waals surface area contributed by atoms with Crippen LogP contribution in [0, 0.1) is 11.6 Å². The standard InChI is InChI=1S/C9H7F4N.ClH/c10-7-1-5-3-14-4-9(12,13)6(5)2-8(7)11;/h1-2,14H,3-4H2;1H. The molecule has 6 heteroatoms. The molecule has 0 aromatic heterocycles. The molecule has 0 amide bonds. The summed E-state index contributed by atoms with van der Waals surface area (Å²) in [6, 6.07) is 1.39. The highest BCUT2D eigenvalue weighted by Gasteiger charge is 2.37. The second kappa shape index (κ2) is 3.98. The first-order chi connectivity index (χ1) is 6.50. The number of alkyl halides is 2. The van der Waals surface area contributed by atoms with Crippen molar-refractivity contribution in [1.29, 1.82) is 0 Å². The van der Waals surface area contributed by atoms with Gasteiger partial charge in [0.25, 0.3) is 5.92 Å². The lowest BCUT2D eigenvalue weighted by Gasteiger charge is -2.25. The number of hydrogen-bond acceptors (Lipinski definition) is 1. The number of rotatable bonds is 0. The van der Waals surface area contributed by atoms with E-state index in [1.807, 2.05) is 0 Å². The molecular formula is C9H8ClF4N. The summed E-state index contributed by atoms with van der Waals surface area (Å²) in [4.78, 5) is 0. The van der Waals surface area contributed by atoms with Crippen LogP contribution in [0.1, 0.15) is 11.1 Å². The lowest BCUT2D eigenvalue weighted by atomic mass is 9.97. The molecule has 0 saturated heterocycles. The Morgan fingerprint density at radius 3 is 2.40 bits per heavy atom. The first kappa shape index (κ1) is 12.3. The molecule has 0 fully saturated rings. The number of fused-ring (bicyclic) bond motifs is 1. The van der Waals surface area contributed by atoms with Crippen LogP contribution in [0.25, 0.3) is 0 Å². The SMILES string of the molecule is Cl.Fc1cc2c(cc1F)C(F)(F)CNC2. The molecule has 0 radical (unpaired) electrons. The van der Waals surface area contributed by atoms with E-state index < -0.39 is 29.7 Å². The van der Waals surface area contributed by atoms with Gasteiger partial charge in [-0.1, -0.05) is 0 Å². The zero-order valence-corrected chi connectivity index (χ0v) is 8.31. The van der Waals surface area contributed by atoms with Gasteiger partial charge in [0, 0.05) is 12.1 Å². The van der Waals surface area contributed by atoms with Crippen molar-refractivity contribution in [1.82, 2.24) is 5.32 Å². The lowest BCUT2D eigenvalue weighted by Crippen LogP contribution is -2.37. The predicted molar refractivity (Wildman–Crippen MR) is 49.2 cm³/mol. The zero-order valence-electron chi connectivity index (χ0n) is 7.49. The van der Waals surface area contributed by atoms with Crippen LogP contribution in [0.4, 0.5) is 17.6 Å². The Hall–Kier alpha value is -0.810. The minimum atomic E-state index is -3.12. The van der Waals surface area contributed by atoms with Crippen LogP contribution in [-0.2, 0) is 12.5 Å². The maximum absolute atomic E-state index is 13.2. The van der Waals surface area contributed by atoms with Gasteiger partial charge in [0.1, 0.15) is 0 Å². The van der Waals surface area contributed by atoms with Gasteiger partial charge in [0.05, 0.1) is 6.54 Å². The molecular weight excluding hydrogens is 234 g/mol. The first-order valence-electron chi connectivity index (χ1n) is 4.07. The van der Waals surface area contributed by atoms with Crippen LogP contribution in [0.5, 0.6) is 0 Å². The van der Waals surface area contributed by atoms with Crippen molar-refractivity contribution in [2.45, 2.75) is 12.5 Å². The highest BCUT2D eigenvalue weighted by molar-refractivity contribution is 5.85. The lowest BCUT2D eigenvalue weighted by molar-refractivity contribution is -0.0112. The van der Waals surface area contributed by atoms with Gasteiger partial charge in [-0.15, -0.1) is 12.4 Å². The highest BCUT2D eigenvalue weighted by atomic mass is 35.5. The van der Waals surface area contributed by atoms with Crippen LogP contribution in [0.2, 0.25) is 0 Å². The fourth-order valence-electron chi connectivity index (χ4n) is 1.52. The van der Waals surface area contributed by atoms with Crippen molar-refractivity contribution in [3.05, 3.63) is 34.9 Å². The molecule has 0 saturated carbocycles. The molecule has 1 aliphatic heterocycles. The fraction of sp³-hybridized carbons (Fsp3) is 0.333. The Morgan fingerprint density at radius 2 is 1.73 bits per heavy atom. The average Bonchev–Trinajstić information content (AvgIpc) is 2.08. The fourth-order valence-corrected chi connectivity index (χ4v) is 1.52. The Balaban J connectivity index is 0.00000112. The van der Waals surface area contributed by atoms with Gasteiger partial charge in [-0.3, -0.25) is 0 Å². The molecule has 0 unspecified atom stereocenters. The molecule has 1 N–H and O–H groups in total. The van der Waals surface area contributed by atoms with Crippen molar-refractivity contribution in [3.63, 3.8) is 0 Å². The quantitative estimate of drug-likeness (QED) is 0.689. The summed E-state index contributed by atoms with van der Waals surface area (Å²) >= 11 is 0. The van der Waals surface area contributed by atoms with Crippen molar-refractivity contribution < 1.29 is 17.6 Å². The normalized spacial score (nSPS) is 17.9. The molecule has 0 atom stereocenters. The van der Waals surface area contributed by atoms with Crippen molar-refractivity contribution in [3.8, 4) is 0 Å². The van der Waals surface area contributed by atoms with Gasteiger partial charge < -0.3 is 5.32 Å². The Labute approximate surface area is 89.9 Å². The van der Waals surface area contributed by atoms with E-state index in [2.05, 4.69) is 5.32 Å². The number of benzene rings is 1. The Bertz CT molecular complexity index is 381. The van der Waals surface area contributed by atoms with E-state index in [1.165, 1.54) is 0 Å². The van der Waals surface area contributed by atoms with Crippen LogP contribution in [0.3, 0.4) is 0 Å². The summed E-state index contributed by atoms with van der Waals surface area (Å²) in [5.74, 6) is -5.45. The van der Waals surface area contributed by atoms with Crippen LogP contribution >= 0.6 is 12.4 Å². The topological polar surface area (TPSA) is 12.0 Å². The summed E-state index contributed by atoms with van der Waals surface area (Å²) in [5, 5.41) is 2.44. The first-order valence-corrected chi connectivity index (χ1v) is 4.07. The third-order valence-corrected chi connectivity index (χ3v) is 2.20. The number of nitrogens with one attached hydrogen (secondary N) is 1. The predicted octanol–water partition coefficient (Wildman–Crippen LogP) is 2.58. The van der Waals surface area contributed by atoms with Crippen molar-refractivity contribution in [2.75, 3.05) is 6.54 Å². The summed E-state index contributed by atoms with van der Waals surface area (Å²) in [7, 11) is 0. The molecule has 1 nitrogen and oxygen atoms in total. The molecule has 0 spiro atoms. The van der Waals surface area contributed by atoms with Crippen LogP contribution < -0.4 is 5.32 Å². The number of hydrogen-bond donors (Lipinski definition) is 1. The molecule has 0 aliphatic carbocycles. The van der Waals surface area contributed by atoms with E-state index in [4.69, 9.17) is 0 Å². The summed E-state index contributed by atoms with van der Waals surface area (Å²) < 4.78 is 51.7. The highest BCUT2D eigenvalue weighted by Crippen LogP contribution is 2.34. The second-order valence-electron chi connectivity index (χ2n) is 3.23. The van der Waals surface area contributed by atoms with Crippen LogP contribution in [0.15, 0.2) is 12.1 Å². The third-order valence-electron chi connectivity index (χ3n) is 2.20. The van der Waals surface area contributed by atoms with Crippen LogP contribution in [-0.4, -0.2) is 6.54 Å². The second-order valence-corrected chi connectivity index (χ2v) is 3.23. The van der Waals surface area contributed by atoms with Gasteiger partial charge in [-0.2, -0.15) is 8.78 Å². The Kier molecular flexibility index (Phi) is 3.25. The van der Waals surface area contributed by atoms with E-state index in [-0.39, 0.29) is 24.5 Å².